The summed E-state index contributed by atoms with van der Waals surface area (Å²) in [6, 6.07) is 16.9. The molecule has 0 spiro atoms. The van der Waals surface area contributed by atoms with E-state index in [1.807, 2.05) is 18.2 Å². The molecule has 1 unspecified atom stereocenters. The average molecular weight is 377 g/mol. The van der Waals surface area contributed by atoms with Crippen LogP contribution in [0.3, 0.4) is 0 Å². The van der Waals surface area contributed by atoms with Gasteiger partial charge in [-0.2, -0.15) is 0 Å². The molecule has 0 radical (unpaired) electrons. The lowest BCUT2D eigenvalue weighted by Gasteiger charge is -2.34. The molecule has 3 aromatic rings. The minimum atomic E-state index is 0.201. The first-order chi connectivity index (χ1) is 13.7. The van der Waals surface area contributed by atoms with Gasteiger partial charge in [-0.3, -0.25) is 4.90 Å². The largest absolute Gasteiger partial charge is 0.395 e. The predicted octanol–water partition coefficient (Wildman–Crippen LogP) is 3.90. The highest BCUT2D eigenvalue weighted by atomic mass is 16.3. The zero-order valence-corrected chi connectivity index (χ0v) is 16.4. The molecule has 1 aromatic heterocycles. The fourth-order valence-electron chi connectivity index (χ4n) is 3.88. The molecule has 146 valence electrons. The zero-order chi connectivity index (χ0) is 19.3. The van der Waals surface area contributed by atoms with Crippen molar-refractivity contribution in [2.24, 2.45) is 0 Å². The molecule has 5 nitrogen and oxygen atoms in total. The number of aromatic nitrogens is 2. The maximum absolute atomic E-state index is 9.70. The summed E-state index contributed by atoms with van der Waals surface area (Å²) in [7, 11) is 0. The lowest BCUT2D eigenvalue weighted by Crippen LogP contribution is -2.41. The molecule has 0 bridgehead atoms. The van der Waals surface area contributed by atoms with Gasteiger partial charge in [-0.1, -0.05) is 48.4 Å². The standard InChI is InChI=1S/C23H28N4O/c1-17-9-11-18(12-10-17)14-24-23-20-7-2-3-8-21(20)25-22(26-23)15-27-13-5-4-6-19(27)16-28/h2-3,7-12,19,28H,4-6,13-16H2,1H3,(H,24,25,26). The Hall–Kier alpha value is -2.50. The number of nitrogens with zero attached hydrogens (tertiary/aromatic N) is 3. The minimum absolute atomic E-state index is 0.201. The number of fused-ring (bicyclic) bond motifs is 1. The van der Waals surface area contributed by atoms with Crippen LogP contribution in [0, 0.1) is 6.92 Å². The molecule has 4 rings (SSSR count). The first-order valence-electron chi connectivity index (χ1n) is 10.1. The zero-order valence-electron chi connectivity index (χ0n) is 16.4. The highest BCUT2D eigenvalue weighted by Crippen LogP contribution is 2.23. The number of rotatable bonds is 6. The van der Waals surface area contributed by atoms with Gasteiger partial charge in [-0.05, 0) is 44.0 Å². The molecule has 1 saturated heterocycles. The molecule has 0 amide bonds. The van der Waals surface area contributed by atoms with Crippen LogP contribution in [0.25, 0.3) is 10.9 Å². The average Bonchev–Trinajstić information content (AvgIpc) is 2.73. The minimum Gasteiger partial charge on any atom is -0.395 e. The highest BCUT2D eigenvalue weighted by Gasteiger charge is 2.23. The Morgan fingerprint density at radius 2 is 1.89 bits per heavy atom. The summed E-state index contributed by atoms with van der Waals surface area (Å²) in [5.41, 5.74) is 3.45. The number of likely N-dealkylation sites (tertiary alicyclic amines) is 1. The van der Waals surface area contributed by atoms with E-state index in [2.05, 4.69) is 47.5 Å². The first kappa shape index (κ1) is 18.8. The number of aliphatic hydroxyl groups is 1. The maximum Gasteiger partial charge on any atom is 0.145 e. The maximum atomic E-state index is 9.70. The summed E-state index contributed by atoms with van der Waals surface area (Å²) in [5, 5.41) is 14.2. The van der Waals surface area contributed by atoms with Crippen molar-refractivity contribution in [1.82, 2.24) is 14.9 Å². The van der Waals surface area contributed by atoms with Crippen LogP contribution in [0.1, 0.15) is 36.2 Å². The van der Waals surface area contributed by atoms with Gasteiger partial charge in [0.2, 0.25) is 0 Å². The van der Waals surface area contributed by atoms with Crippen LogP contribution in [0.2, 0.25) is 0 Å². The van der Waals surface area contributed by atoms with Crippen LogP contribution in [-0.4, -0.2) is 39.2 Å². The summed E-state index contributed by atoms with van der Waals surface area (Å²) in [6.45, 7) is 4.69. The number of benzene rings is 2. The number of anilines is 1. The van der Waals surface area contributed by atoms with Gasteiger partial charge in [-0.25, -0.2) is 9.97 Å². The van der Waals surface area contributed by atoms with E-state index in [-0.39, 0.29) is 12.6 Å². The van der Waals surface area contributed by atoms with Crippen molar-refractivity contribution in [3.8, 4) is 0 Å². The number of aryl methyl sites for hydroxylation is 1. The number of piperidine rings is 1. The van der Waals surface area contributed by atoms with E-state index < -0.39 is 0 Å². The quantitative estimate of drug-likeness (QED) is 0.683. The van der Waals surface area contributed by atoms with E-state index >= 15 is 0 Å². The third-order valence-corrected chi connectivity index (χ3v) is 5.53. The highest BCUT2D eigenvalue weighted by molar-refractivity contribution is 5.88. The predicted molar refractivity (Wildman–Crippen MR) is 113 cm³/mol. The second-order valence-corrected chi connectivity index (χ2v) is 7.65. The molecule has 2 N–H and O–H groups in total. The van der Waals surface area contributed by atoms with Crippen molar-refractivity contribution < 1.29 is 5.11 Å². The van der Waals surface area contributed by atoms with Gasteiger partial charge in [0.05, 0.1) is 18.7 Å². The van der Waals surface area contributed by atoms with Gasteiger partial charge in [0.25, 0.3) is 0 Å². The Morgan fingerprint density at radius 3 is 2.71 bits per heavy atom. The van der Waals surface area contributed by atoms with E-state index in [9.17, 15) is 5.11 Å². The van der Waals surface area contributed by atoms with Crippen molar-refractivity contribution in [2.45, 2.75) is 45.3 Å². The molecular formula is C23H28N4O. The summed E-state index contributed by atoms with van der Waals surface area (Å²) in [6.07, 6.45) is 3.40. The van der Waals surface area contributed by atoms with Crippen molar-refractivity contribution in [3.05, 3.63) is 65.5 Å². The van der Waals surface area contributed by atoms with Gasteiger partial charge < -0.3 is 10.4 Å². The van der Waals surface area contributed by atoms with Gasteiger partial charge in [0.1, 0.15) is 11.6 Å². The molecule has 1 fully saturated rings. The molecule has 0 aliphatic carbocycles. The molecule has 1 aliphatic rings. The van der Waals surface area contributed by atoms with E-state index in [1.165, 1.54) is 24.0 Å². The third kappa shape index (κ3) is 4.32. The Balaban J connectivity index is 1.58. The number of para-hydroxylation sites is 1. The molecule has 0 saturated carbocycles. The molecule has 1 atom stereocenters. The second-order valence-electron chi connectivity index (χ2n) is 7.65. The molecule has 2 aromatic carbocycles. The van der Waals surface area contributed by atoms with Gasteiger partial charge in [0.15, 0.2) is 0 Å². The monoisotopic (exact) mass is 376 g/mol. The number of aliphatic hydroxyl groups excluding tert-OH is 1. The normalized spacial score (nSPS) is 17.7. The second kappa shape index (κ2) is 8.67. The van der Waals surface area contributed by atoms with Crippen molar-refractivity contribution in [2.75, 3.05) is 18.5 Å². The van der Waals surface area contributed by atoms with Crippen molar-refractivity contribution in [3.63, 3.8) is 0 Å². The molecular weight excluding hydrogens is 348 g/mol. The van der Waals surface area contributed by atoms with Crippen LogP contribution in [0.4, 0.5) is 5.82 Å². The van der Waals surface area contributed by atoms with Crippen LogP contribution < -0.4 is 5.32 Å². The van der Waals surface area contributed by atoms with E-state index in [0.29, 0.717) is 6.54 Å². The van der Waals surface area contributed by atoms with Gasteiger partial charge in [0, 0.05) is 18.0 Å². The third-order valence-electron chi connectivity index (χ3n) is 5.53. The summed E-state index contributed by atoms with van der Waals surface area (Å²) < 4.78 is 0. The van der Waals surface area contributed by atoms with Crippen molar-refractivity contribution >= 4 is 16.7 Å². The fourth-order valence-corrected chi connectivity index (χ4v) is 3.88. The summed E-state index contributed by atoms with van der Waals surface area (Å²) >= 11 is 0. The SMILES string of the molecule is Cc1ccc(CNc2nc(CN3CCCCC3CO)nc3ccccc23)cc1. The van der Waals surface area contributed by atoms with E-state index in [1.54, 1.807) is 0 Å². The lowest BCUT2D eigenvalue weighted by molar-refractivity contribution is 0.0820. The molecule has 5 heteroatoms. The lowest BCUT2D eigenvalue weighted by atomic mass is 10.0. The van der Waals surface area contributed by atoms with Crippen LogP contribution in [-0.2, 0) is 13.1 Å². The molecule has 2 heterocycles. The van der Waals surface area contributed by atoms with E-state index in [4.69, 9.17) is 9.97 Å². The number of nitrogens with one attached hydrogen (secondary N) is 1. The fraction of sp³-hybridized carbons (Fsp3) is 0.391. The first-order valence-corrected chi connectivity index (χ1v) is 10.1. The summed E-state index contributed by atoms with van der Waals surface area (Å²) in [4.78, 5) is 12.0. The Kier molecular flexibility index (Phi) is 5.84. The molecule has 1 aliphatic heterocycles. The van der Waals surface area contributed by atoms with Gasteiger partial charge in [-0.15, -0.1) is 0 Å². The topological polar surface area (TPSA) is 61.3 Å². The van der Waals surface area contributed by atoms with Crippen LogP contribution >= 0.6 is 0 Å². The smallest absolute Gasteiger partial charge is 0.145 e. The van der Waals surface area contributed by atoms with Crippen LogP contribution in [0.5, 0.6) is 0 Å². The summed E-state index contributed by atoms with van der Waals surface area (Å²) in [5.74, 6) is 1.68. The van der Waals surface area contributed by atoms with Crippen molar-refractivity contribution in [1.29, 1.82) is 0 Å². The Bertz CT molecular complexity index is 926. The van der Waals surface area contributed by atoms with Gasteiger partial charge >= 0.3 is 0 Å². The number of hydrogen-bond acceptors (Lipinski definition) is 5. The van der Waals surface area contributed by atoms with Crippen LogP contribution in [0.15, 0.2) is 48.5 Å². The Morgan fingerprint density at radius 1 is 1.07 bits per heavy atom. The number of hydrogen-bond donors (Lipinski definition) is 2. The van der Waals surface area contributed by atoms with E-state index in [0.717, 1.165) is 42.1 Å². The molecule has 28 heavy (non-hydrogen) atoms. The Labute approximate surface area is 166 Å².